The van der Waals surface area contributed by atoms with Crippen LogP contribution in [0, 0.1) is 0 Å². The van der Waals surface area contributed by atoms with Crippen molar-refractivity contribution < 1.29 is 9.53 Å². The summed E-state index contributed by atoms with van der Waals surface area (Å²) >= 11 is 0. The zero-order valence-electron chi connectivity index (χ0n) is 18.2. The van der Waals surface area contributed by atoms with E-state index in [0.29, 0.717) is 24.6 Å². The van der Waals surface area contributed by atoms with Crippen LogP contribution >= 0.6 is 0 Å². The summed E-state index contributed by atoms with van der Waals surface area (Å²) in [6.45, 7) is 8.97. The number of nitrogens with zero attached hydrogens (tertiary/aromatic N) is 6. The molecule has 0 bridgehead atoms. The van der Waals surface area contributed by atoms with Gasteiger partial charge in [0.25, 0.3) is 0 Å². The Hall–Kier alpha value is -3.10. The van der Waals surface area contributed by atoms with Crippen molar-refractivity contribution in [3.8, 4) is 11.1 Å². The lowest BCUT2D eigenvalue weighted by Gasteiger charge is -2.40. The van der Waals surface area contributed by atoms with E-state index in [4.69, 9.17) is 15.5 Å². The largest absolute Gasteiger partial charge is 0.444 e. The lowest BCUT2D eigenvalue weighted by Crippen LogP contribution is -2.49. The van der Waals surface area contributed by atoms with Crippen molar-refractivity contribution in [2.45, 2.75) is 51.6 Å². The van der Waals surface area contributed by atoms with Gasteiger partial charge in [0.05, 0.1) is 18.1 Å². The molecule has 1 aliphatic heterocycles. The molecule has 9 nitrogen and oxygen atoms in total. The van der Waals surface area contributed by atoms with Crippen LogP contribution in [-0.4, -0.2) is 54.1 Å². The number of hydrogen-bond acceptors (Lipinski definition) is 6. The molecule has 3 aromatic rings. The van der Waals surface area contributed by atoms with E-state index in [-0.39, 0.29) is 11.5 Å². The van der Waals surface area contributed by atoms with Gasteiger partial charge in [0.1, 0.15) is 11.4 Å². The van der Waals surface area contributed by atoms with Gasteiger partial charge in [0.2, 0.25) is 0 Å². The fourth-order valence-corrected chi connectivity index (χ4v) is 3.99. The van der Waals surface area contributed by atoms with Crippen molar-refractivity contribution in [3.63, 3.8) is 0 Å². The van der Waals surface area contributed by atoms with Gasteiger partial charge in [-0.2, -0.15) is 14.7 Å². The molecule has 0 aliphatic carbocycles. The van der Waals surface area contributed by atoms with Gasteiger partial charge in [0.15, 0.2) is 5.65 Å². The Bertz CT molecular complexity index is 1090. The van der Waals surface area contributed by atoms with Gasteiger partial charge in [-0.05, 0) is 33.6 Å². The maximum atomic E-state index is 12.6. The third-order valence-electron chi connectivity index (χ3n) is 5.48. The Kier molecular flexibility index (Phi) is 4.71. The number of nitrogen functional groups attached to an aromatic ring is 1. The maximum Gasteiger partial charge on any atom is 0.410 e. The van der Waals surface area contributed by atoms with Crippen LogP contribution in [0.25, 0.3) is 16.8 Å². The highest BCUT2D eigenvalue weighted by atomic mass is 16.6. The van der Waals surface area contributed by atoms with E-state index in [1.54, 1.807) is 26.5 Å². The lowest BCUT2D eigenvalue weighted by atomic mass is 9.79. The molecule has 1 atom stereocenters. The molecule has 1 fully saturated rings. The van der Waals surface area contributed by atoms with Gasteiger partial charge in [-0.15, -0.1) is 0 Å². The molecule has 9 heteroatoms. The van der Waals surface area contributed by atoms with E-state index < -0.39 is 5.60 Å². The smallest absolute Gasteiger partial charge is 0.410 e. The third-order valence-corrected chi connectivity index (χ3v) is 5.48. The summed E-state index contributed by atoms with van der Waals surface area (Å²) in [5.74, 6) is 0.515. The van der Waals surface area contributed by atoms with E-state index in [1.165, 1.54) is 0 Å². The van der Waals surface area contributed by atoms with Crippen molar-refractivity contribution in [2.24, 2.45) is 7.05 Å². The maximum absolute atomic E-state index is 12.6. The van der Waals surface area contributed by atoms with Crippen molar-refractivity contribution >= 4 is 17.6 Å². The molecular weight excluding hydrogens is 382 g/mol. The normalized spacial score (nSPS) is 20.0. The number of fused-ring (bicyclic) bond motifs is 1. The quantitative estimate of drug-likeness (QED) is 0.695. The monoisotopic (exact) mass is 411 g/mol. The predicted octanol–water partition coefficient (Wildman–Crippen LogP) is 3.00. The molecule has 3 aromatic heterocycles. The van der Waals surface area contributed by atoms with E-state index in [1.807, 2.05) is 40.1 Å². The summed E-state index contributed by atoms with van der Waals surface area (Å²) in [7, 11) is 1.87. The van der Waals surface area contributed by atoms with Gasteiger partial charge in [-0.25, -0.2) is 9.78 Å². The second kappa shape index (κ2) is 7.00. The standard InChI is InChI=1S/C21H29N7O2/c1-20(2,3)30-19(29)27-8-6-7-21(4,13-27)16-9-17(22)28-18(25-16)15(11-24-28)14-10-23-26(5)12-14/h9-12H,6-8,13,22H2,1-5H3. The van der Waals surface area contributed by atoms with Crippen LogP contribution in [0.2, 0.25) is 0 Å². The van der Waals surface area contributed by atoms with Gasteiger partial charge in [-0.1, -0.05) is 6.92 Å². The molecule has 1 aliphatic rings. The summed E-state index contributed by atoms with van der Waals surface area (Å²) in [6.07, 6.45) is 6.96. The summed E-state index contributed by atoms with van der Waals surface area (Å²) in [4.78, 5) is 19.4. The van der Waals surface area contributed by atoms with Crippen molar-refractivity contribution in [1.29, 1.82) is 0 Å². The summed E-state index contributed by atoms with van der Waals surface area (Å²) in [5.41, 5.74) is 8.82. The van der Waals surface area contributed by atoms with Crippen LogP contribution in [0.1, 0.15) is 46.2 Å². The van der Waals surface area contributed by atoms with Crippen LogP contribution < -0.4 is 5.73 Å². The van der Waals surface area contributed by atoms with Gasteiger partial charge >= 0.3 is 6.09 Å². The molecule has 1 amide bonds. The first kappa shape index (κ1) is 20.2. The molecule has 30 heavy (non-hydrogen) atoms. The number of likely N-dealkylation sites (tertiary alicyclic amines) is 1. The molecule has 4 heterocycles. The van der Waals surface area contributed by atoms with Crippen LogP contribution in [0.4, 0.5) is 10.6 Å². The average Bonchev–Trinajstić information content (AvgIpc) is 3.26. The first-order valence-electron chi connectivity index (χ1n) is 10.2. The van der Waals surface area contributed by atoms with E-state index in [0.717, 1.165) is 29.7 Å². The third kappa shape index (κ3) is 3.71. The van der Waals surface area contributed by atoms with Crippen molar-refractivity contribution in [3.05, 3.63) is 30.4 Å². The average molecular weight is 412 g/mol. The highest BCUT2D eigenvalue weighted by Gasteiger charge is 2.38. The highest BCUT2D eigenvalue weighted by molar-refractivity contribution is 5.77. The molecule has 0 aromatic carbocycles. The number of amides is 1. The molecule has 1 unspecified atom stereocenters. The van der Waals surface area contributed by atoms with Crippen molar-refractivity contribution in [2.75, 3.05) is 18.8 Å². The molecule has 160 valence electrons. The Morgan fingerprint density at radius 3 is 2.70 bits per heavy atom. The fraction of sp³-hybridized carbons (Fsp3) is 0.524. The number of anilines is 1. The second-order valence-electron chi connectivity index (χ2n) is 9.33. The molecule has 2 N–H and O–H groups in total. The highest BCUT2D eigenvalue weighted by Crippen LogP contribution is 2.35. The number of aromatic nitrogens is 5. The zero-order valence-corrected chi connectivity index (χ0v) is 18.2. The topological polar surface area (TPSA) is 104 Å². The minimum absolute atomic E-state index is 0.289. The molecular formula is C21H29N7O2. The minimum Gasteiger partial charge on any atom is -0.444 e. The number of carbonyl (C=O) groups excluding carboxylic acids is 1. The number of hydrogen-bond donors (Lipinski definition) is 1. The van der Waals surface area contributed by atoms with E-state index in [2.05, 4.69) is 17.1 Å². The van der Waals surface area contributed by atoms with Crippen molar-refractivity contribution in [1.82, 2.24) is 29.3 Å². The van der Waals surface area contributed by atoms with Gasteiger partial charge in [-0.3, -0.25) is 4.68 Å². The summed E-state index contributed by atoms with van der Waals surface area (Å²) in [6, 6.07) is 1.87. The predicted molar refractivity (Wildman–Crippen MR) is 114 cm³/mol. The zero-order chi connectivity index (χ0) is 21.7. The molecule has 0 radical (unpaired) electrons. The summed E-state index contributed by atoms with van der Waals surface area (Å²) in [5, 5.41) is 8.65. The fourth-order valence-electron chi connectivity index (χ4n) is 3.99. The van der Waals surface area contributed by atoms with Crippen LogP contribution in [0.3, 0.4) is 0 Å². The number of piperidine rings is 1. The Morgan fingerprint density at radius 1 is 1.27 bits per heavy atom. The first-order valence-corrected chi connectivity index (χ1v) is 10.2. The minimum atomic E-state index is -0.525. The molecule has 1 saturated heterocycles. The van der Waals surface area contributed by atoms with E-state index >= 15 is 0 Å². The number of ether oxygens (including phenoxy) is 1. The Morgan fingerprint density at radius 2 is 2.03 bits per heavy atom. The van der Waals surface area contributed by atoms with E-state index in [9.17, 15) is 4.79 Å². The Labute approximate surface area is 175 Å². The SMILES string of the molecule is Cn1cc(-c2cnn3c(N)cc(C4(C)CCCN(C(=O)OC(C)(C)C)C4)nc23)cn1. The number of nitrogens with two attached hydrogens (primary N) is 1. The Balaban J connectivity index is 1.70. The number of carbonyl (C=O) groups is 1. The van der Waals surface area contributed by atoms with Crippen LogP contribution in [0.15, 0.2) is 24.7 Å². The molecule has 0 spiro atoms. The molecule has 0 saturated carbocycles. The lowest BCUT2D eigenvalue weighted by molar-refractivity contribution is 0.0143. The first-order chi connectivity index (χ1) is 14.1. The second-order valence-corrected chi connectivity index (χ2v) is 9.33. The molecule has 4 rings (SSSR count). The van der Waals surface area contributed by atoms with Crippen LogP contribution in [0.5, 0.6) is 0 Å². The van der Waals surface area contributed by atoms with Gasteiger partial charge < -0.3 is 15.4 Å². The number of rotatable bonds is 2. The van der Waals surface area contributed by atoms with Crippen LogP contribution in [-0.2, 0) is 17.2 Å². The van der Waals surface area contributed by atoms with Gasteiger partial charge in [0, 0.05) is 48.9 Å². The number of aryl methyl sites for hydroxylation is 1. The summed E-state index contributed by atoms with van der Waals surface area (Å²) < 4.78 is 8.97.